The largest absolute Gasteiger partial charge is 0.356 e. The van der Waals surface area contributed by atoms with E-state index in [4.69, 9.17) is 0 Å². The molecule has 1 aliphatic heterocycles. The summed E-state index contributed by atoms with van der Waals surface area (Å²) in [6.07, 6.45) is 1.04. The predicted molar refractivity (Wildman–Crippen MR) is 64.9 cm³/mol. The lowest BCUT2D eigenvalue weighted by Crippen LogP contribution is -2.40. The van der Waals surface area contributed by atoms with Crippen LogP contribution in [-0.2, 0) is 6.54 Å². The van der Waals surface area contributed by atoms with Crippen LogP contribution in [0, 0.1) is 10.1 Å². The maximum atomic E-state index is 10.6. The summed E-state index contributed by atoms with van der Waals surface area (Å²) in [6, 6.07) is 6.59. The summed E-state index contributed by atoms with van der Waals surface area (Å²) in [6.45, 7) is 2.28. The average molecular weight is 234 g/mol. The minimum Gasteiger partial charge on any atom is -0.356 e. The molecule has 6 heteroatoms. The second-order valence-corrected chi connectivity index (χ2v) is 3.79. The normalized spacial score (nSPS) is 14.7. The van der Waals surface area contributed by atoms with Crippen LogP contribution in [0.4, 0.5) is 5.69 Å². The van der Waals surface area contributed by atoms with Gasteiger partial charge < -0.3 is 10.6 Å². The Kier molecular flexibility index (Phi) is 3.54. The molecule has 2 rings (SSSR count). The van der Waals surface area contributed by atoms with Gasteiger partial charge in [0.25, 0.3) is 5.69 Å². The van der Waals surface area contributed by atoms with Crippen molar-refractivity contribution in [2.45, 2.75) is 13.0 Å². The molecular weight excluding hydrogens is 220 g/mol. The molecular formula is C11H14N4O2. The number of benzene rings is 1. The van der Waals surface area contributed by atoms with E-state index in [-0.39, 0.29) is 10.6 Å². The lowest BCUT2D eigenvalue weighted by atomic mass is 10.2. The summed E-state index contributed by atoms with van der Waals surface area (Å²) >= 11 is 0. The molecule has 0 aromatic heterocycles. The number of nitro benzene ring substituents is 1. The molecule has 1 aromatic rings. The Balaban J connectivity index is 1.96. The van der Waals surface area contributed by atoms with E-state index in [1.54, 1.807) is 12.1 Å². The van der Waals surface area contributed by atoms with E-state index in [0.717, 1.165) is 31.0 Å². The van der Waals surface area contributed by atoms with Crippen LogP contribution in [0.15, 0.2) is 29.3 Å². The minimum atomic E-state index is -0.389. The van der Waals surface area contributed by atoms with Gasteiger partial charge in [-0.3, -0.25) is 15.1 Å². The van der Waals surface area contributed by atoms with Crippen LogP contribution in [0.3, 0.4) is 0 Å². The minimum absolute atomic E-state index is 0.114. The van der Waals surface area contributed by atoms with Gasteiger partial charge in [0.05, 0.1) is 4.92 Å². The van der Waals surface area contributed by atoms with E-state index in [1.165, 1.54) is 6.07 Å². The van der Waals surface area contributed by atoms with Crippen molar-refractivity contribution in [2.75, 3.05) is 13.1 Å². The Morgan fingerprint density at radius 1 is 1.53 bits per heavy atom. The zero-order valence-electron chi connectivity index (χ0n) is 9.35. The first-order chi connectivity index (χ1) is 8.25. The van der Waals surface area contributed by atoms with Gasteiger partial charge in [-0.1, -0.05) is 12.1 Å². The fraction of sp³-hybridized carbons (Fsp3) is 0.364. The Labute approximate surface area is 98.9 Å². The number of hydrogen-bond donors (Lipinski definition) is 2. The zero-order valence-corrected chi connectivity index (χ0v) is 9.35. The molecule has 0 aliphatic carbocycles. The summed E-state index contributed by atoms with van der Waals surface area (Å²) in [4.78, 5) is 14.5. The van der Waals surface area contributed by atoms with Crippen molar-refractivity contribution in [1.82, 2.24) is 10.6 Å². The Morgan fingerprint density at radius 2 is 2.41 bits per heavy atom. The van der Waals surface area contributed by atoms with Crippen molar-refractivity contribution in [3.63, 3.8) is 0 Å². The van der Waals surface area contributed by atoms with Crippen LogP contribution in [0.5, 0.6) is 0 Å². The Morgan fingerprint density at radius 3 is 3.12 bits per heavy atom. The molecule has 0 atom stereocenters. The summed E-state index contributed by atoms with van der Waals surface area (Å²) in [5, 5.41) is 16.9. The average Bonchev–Trinajstić information content (AvgIpc) is 2.38. The summed E-state index contributed by atoms with van der Waals surface area (Å²) in [5.41, 5.74) is 0.983. The van der Waals surface area contributed by atoms with Crippen molar-refractivity contribution in [3.05, 3.63) is 39.9 Å². The molecule has 1 aliphatic rings. The highest BCUT2D eigenvalue weighted by molar-refractivity contribution is 5.80. The Bertz CT molecular complexity index is 445. The molecule has 0 radical (unpaired) electrons. The molecule has 90 valence electrons. The second kappa shape index (κ2) is 5.29. The van der Waals surface area contributed by atoms with Crippen LogP contribution in [0.2, 0.25) is 0 Å². The number of aliphatic imine (C=N–C) groups is 1. The van der Waals surface area contributed by atoms with Crippen molar-refractivity contribution in [3.8, 4) is 0 Å². The van der Waals surface area contributed by atoms with Crippen molar-refractivity contribution in [1.29, 1.82) is 0 Å². The molecule has 6 nitrogen and oxygen atoms in total. The number of hydrogen-bond acceptors (Lipinski definition) is 5. The molecule has 17 heavy (non-hydrogen) atoms. The number of nitrogens with zero attached hydrogens (tertiary/aromatic N) is 2. The quantitative estimate of drug-likeness (QED) is 0.604. The van der Waals surface area contributed by atoms with E-state index in [1.807, 2.05) is 6.07 Å². The van der Waals surface area contributed by atoms with Gasteiger partial charge in [0.15, 0.2) is 5.96 Å². The van der Waals surface area contributed by atoms with Gasteiger partial charge in [-0.15, -0.1) is 0 Å². The number of nitro groups is 1. The van der Waals surface area contributed by atoms with Gasteiger partial charge in [0, 0.05) is 31.8 Å². The van der Waals surface area contributed by atoms with Crippen LogP contribution in [-0.4, -0.2) is 24.0 Å². The van der Waals surface area contributed by atoms with Gasteiger partial charge in [-0.05, 0) is 12.0 Å². The summed E-state index contributed by atoms with van der Waals surface area (Å²) in [5.74, 6) is 0.766. The first-order valence-corrected chi connectivity index (χ1v) is 5.51. The molecule has 0 amide bonds. The van der Waals surface area contributed by atoms with Gasteiger partial charge in [0.2, 0.25) is 0 Å². The van der Waals surface area contributed by atoms with Crippen molar-refractivity contribution < 1.29 is 4.92 Å². The number of rotatable bonds is 3. The lowest BCUT2D eigenvalue weighted by Gasteiger charge is -2.15. The highest BCUT2D eigenvalue weighted by atomic mass is 16.6. The predicted octanol–water partition coefficient (Wildman–Crippen LogP) is 1.03. The highest BCUT2D eigenvalue weighted by Gasteiger charge is 2.07. The van der Waals surface area contributed by atoms with E-state index in [2.05, 4.69) is 15.6 Å². The molecule has 1 heterocycles. The number of guanidine groups is 1. The zero-order chi connectivity index (χ0) is 12.1. The lowest BCUT2D eigenvalue weighted by molar-refractivity contribution is -0.384. The third-order valence-electron chi connectivity index (χ3n) is 2.48. The van der Waals surface area contributed by atoms with Gasteiger partial charge in [0.1, 0.15) is 0 Å². The van der Waals surface area contributed by atoms with Crippen molar-refractivity contribution >= 4 is 11.6 Å². The van der Waals surface area contributed by atoms with E-state index in [0.29, 0.717) is 6.54 Å². The molecule has 0 fully saturated rings. The maximum Gasteiger partial charge on any atom is 0.269 e. The molecule has 0 bridgehead atoms. The molecule has 0 saturated carbocycles. The van der Waals surface area contributed by atoms with E-state index >= 15 is 0 Å². The summed E-state index contributed by atoms with van der Waals surface area (Å²) in [7, 11) is 0. The third kappa shape index (κ3) is 3.17. The van der Waals surface area contributed by atoms with E-state index in [9.17, 15) is 10.1 Å². The number of nitrogens with one attached hydrogen (secondary N) is 2. The fourth-order valence-corrected chi connectivity index (χ4v) is 1.62. The van der Waals surface area contributed by atoms with E-state index < -0.39 is 0 Å². The topological polar surface area (TPSA) is 79.6 Å². The van der Waals surface area contributed by atoms with Gasteiger partial charge >= 0.3 is 0 Å². The Hall–Kier alpha value is -2.11. The highest BCUT2D eigenvalue weighted by Crippen LogP contribution is 2.12. The van der Waals surface area contributed by atoms with Gasteiger partial charge in [-0.25, -0.2) is 0 Å². The standard InChI is InChI=1S/C11H14N4O2/c16-15(17)10-4-1-3-9(7-10)8-14-11-12-5-2-6-13-11/h1,3-4,7H,2,5-6,8H2,(H2,12,13,14). The third-order valence-corrected chi connectivity index (χ3v) is 2.48. The molecule has 0 spiro atoms. The molecule has 2 N–H and O–H groups in total. The van der Waals surface area contributed by atoms with Crippen LogP contribution >= 0.6 is 0 Å². The second-order valence-electron chi connectivity index (χ2n) is 3.79. The molecule has 1 aromatic carbocycles. The maximum absolute atomic E-state index is 10.6. The smallest absolute Gasteiger partial charge is 0.269 e. The first kappa shape index (κ1) is 11.4. The SMILES string of the molecule is O=[N+]([O-])c1cccc(CNC2=NCCCN2)c1. The van der Waals surface area contributed by atoms with Crippen LogP contribution < -0.4 is 10.6 Å². The number of non-ortho nitro benzene ring substituents is 1. The van der Waals surface area contributed by atoms with Crippen LogP contribution in [0.1, 0.15) is 12.0 Å². The molecule has 0 unspecified atom stereocenters. The van der Waals surface area contributed by atoms with Gasteiger partial charge in [-0.2, -0.15) is 0 Å². The van der Waals surface area contributed by atoms with Crippen LogP contribution in [0.25, 0.3) is 0 Å². The first-order valence-electron chi connectivity index (χ1n) is 5.51. The summed E-state index contributed by atoms with van der Waals surface area (Å²) < 4.78 is 0. The monoisotopic (exact) mass is 234 g/mol. The fourth-order valence-electron chi connectivity index (χ4n) is 1.62. The molecule has 0 saturated heterocycles. The van der Waals surface area contributed by atoms with Crippen molar-refractivity contribution in [2.24, 2.45) is 4.99 Å².